The number of anilines is 1. The lowest BCUT2D eigenvalue weighted by Gasteiger charge is -2.27. The first-order valence-corrected chi connectivity index (χ1v) is 8.52. The zero-order valence-corrected chi connectivity index (χ0v) is 14.4. The van der Waals surface area contributed by atoms with Crippen LogP contribution in [0.5, 0.6) is 0 Å². The zero-order valence-electron chi connectivity index (χ0n) is 14.4. The molecule has 3 aromatic rings. The van der Waals surface area contributed by atoms with Crippen LogP contribution in [0.1, 0.15) is 34.9 Å². The van der Waals surface area contributed by atoms with Gasteiger partial charge < -0.3 is 10.9 Å². The van der Waals surface area contributed by atoms with Crippen molar-refractivity contribution in [3.05, 3.63) is 71.2 Å². The van der Waals surface area contributed by atoms with E-state index in [9.17, 15) is 5.21 Å². The molecular formula is C20H19N5O. The van der Waals surface area contributed by atoms with Crippen LogP contribution in [0, 0.1) is 6.92 Å². The van der Waals surface area contributed by atoms with E-state index in [-0.39, 0.29) is 11.9 Å². The van der Waals surface area contributed by atoms with Crippen LogP contribution < -0.4 is 5.73 Å². The molecule has 3 N–H and O–H groups in total. The standard InChI is InChI=1S/C20H19N5O/c1-12-19-17(24-20(21)23-12)10-13(11-18(19)25-26)14-6-2-3-7-15(14)16-8-4-5-9-22-16/h2-9,13,26H,10-11H2,1H3,(H2,21,23,24)/b25-18-. The molecule has 1 unspecified atom stereocenters. The molecule has 0 fully saturated rings. The molecule has 0 saturated heterocycles. The van der Waals surface area contributed by atoms with Crippen molar-refractivity contribution in [2.24, 2.45) is 5.16 Å². The third-order valence-corrected chi connectivity index (χ3v) is 4.81. The minimum atomic E-state index is 0.125. The Morgan fingerprint density at radius 3 is 2.65 bits per heavy atom. The molecule has 6 heteroatoms. The highest BCUT2D eigenvalue weighted by Crippen LogP contribution is 2.37. The van der Waals surface area contributed by atoms with E-state index in [0.717, 1.165) is 33.8 Å². The van der Waals surface area contributed by atoms with E-state index in [4.69, 9.17) is 5.73 Å². The monoisotopic (exact) mass is 345 g/mol. The highest BCUT2D eigenvalue weighted by Gasteiger charge is 2.30. The molecule has 1 atom stereocenters. The van der Waals surface area contributed by atoms with Gasteiger partial charge in [0.25, 0.3) is 0 Å². The van der Waals surface area contributed by atoms with Crippen molar-refractivity contribution >= 4 is 11.7 Å². The van der Waals surface area contributed by atoms with E-state index in [0.29, 0.717) is 18.6 Å². The number of nitrogen functional groups attached to an aromatic ring is 1. The summed E-state index contributed by atoms with van der Waals surface area (Å²) in [4.78, 5) is 13.1. The van der Waals surface area contributed by atoms with E-state index in [2.05, 4.69) is 32.2 Å². The Kier molecular flexibility index (Phi) is 4.08. The van der Waals surface area contributed by atoms with Gasteiger partial charge in [-0.25, -0.2) is 9.97 Å². The summed E-state index contributed by atoms with van der Waals surface area (Å²) in [6.07, 6.45) is 3.12. The maximum atomic E-state index is 9.57. The van der Waals surface area contributed by atoms with Gasteiger partial charge >= 0.3 is 0 Å². The van der Waals surface area contributed by atoms with E-state index < -0.39 is 0 Å². The predicted molar refractivity (Wildman–Crippen MR) is 100 cm³/mol. The lowest BCUT2D eigenvalue weighted by Crippen LogP contribution is -2.24. The Balaban J connectivity index is 1.82. The molecule has 0 aliphatic heterocycles. The second-order valence-electron chi connectivity index (χ2n) is 6.44. The number of pyridine rings is 1. The van der Waals surface area contributed by atoms with Crippen LogP contribution in [0.15, 0.2) is 53.8 Å². The molecule has 1 aromatic carbocycles. The summed E-state index contributed by atoms with van der Waals surface area (Å²) < 4.78 is 0. The molecule has 2 aromatic heterocycles. The van der Waals surface area contributed by atoms with Crippen LogP contribution in [-0.4, -0.2) is 25.9 Å². The van der Waals surface area contributed by atoms with Crippen molar-refractivity contribution < 1.29 is 5.21 Å². The first-order valence-electron chi connectivity index (χ1n) is 8.52. The number of fused-ring (bicyclic) bond motifs is 1. The third kappa shape index (κ3) is 2.79. The summed E-state index contributed by atoms with van der Waals surface area (Å²) in [5.41, 5.74) is 12.0. The molecule has 0 amide bonds. The molecule has 0 spiro atoms. The highest BCUT2D eigenvalue weighted by molar-refractivity contribution is 6.03. The lowest BCUT2D eigenvalue weighted by molar-refractivity contribution is 0.316. The van der Waals surface area contributed by atoms with Crippen molar-refractivity contribution in [2.75, 3.05) is 5.73 Å². The van der Waals surface area contributed by atoms with E-state index in [1.54, 1.807) is 6.20 Å². The fraction of sp³-hybridized carbons (Fsp3) is 0.200. The van der Waals surface area contributed by atoms with E-state index in [1.165, 1.54) is 0 Å². The van der Waals surface area contributed by atoms with Gasteiger partial charge in [0.05, 0.1) is 22.8 Å². The Labute approximate surface area is 151 Å². The molecule has 130 valence electrons. The van der Waals surface area contributed by atoms with E-state index in [1.807, 2.05) is 37.3 Å². The molecule has 0 radical (unpaired) electrons. The first-order chi connectivity index (χ1) is 12.7. The number of nitrogens with zero attached hydrogens (tertiary/aromatic N) is 4. The summed E-state index contributed by atoms with van der Waals surface area (Å²) in [5.74, 6) is 0.373. The van der Waals surface area contributed by atoms with Crippen molar-refractivity contribution in [3.63, 3.8) is 0 Å². The molecular weight excluding hydrogens is 326 g/mol. The second kappa shape index (κ2) is 6.55. The van der Waals surface area contributed by atoms with Gasteiger partial charge in [-0.15, -0.1) is 0 Å². The fourth-order valence-corrected chi connectivity index (χ4v) is 3.74. The zero-order chi connectivity index (χ0) is 18.1. The quantitative estimate of drug-likeness (QED) is 0.548. The minimum absolute atomic E-state index is 0.125. The average molecular weight is 345 g/mol. The van der Waals surface area contributed by atoms with Crippen LogP contribution in [0.3, 0.4) is 0 Å². The van der Waals surface area contributed by atoms with Crippen LogP contribution in [0.2, 0.25) is 0 Å². The summed E-state index contributed by atoms with van der Waals surface area (Å²) in [5, 5.41) is 13.1. The van der Waals surface area contributed by atoms with Gasteiger partial charge in [-0.2, -0.15) is 0 Å². The Hall–Kier alpha value is -3.28. The predicted octanol–water partition coefficient (Wildman–Crippen LogP) is 3.34. The molecule has 0 saturated carbocycles. The van der Waals surface area contributed by atoms with Gasteiger partial charge in [-0.3, -0.25) is 4.98 Å². The number of oxime groups is 1. The summed E-state index contributed by atoms with van der Waals surface area (Å²) in [7, 11) is 0. The largest absolute Gasteiger partial charge is 0.411 e. The van der Waals surface area contributed by atoms with E-state index >= 15 is 0 Å². The second-order valence-corrected chi connectivity index (χ2v) is 6.44. The summed E-state index contributed by atoms with van der Waals surface area (Å²) >= 11 is 0. The van der Waals surface area contributed by atoms with Gasteiger partial charge in [0.1, 0.15) is 0 Å². The number of hydrogen-bond donors (Lipinski definition) is 2. The van der Waals surface area contributed by atoms with Crippen LogP contribution in [0.25, 0.3) is 11.3 Å². The SMILES string of the molecule is Cc1nc(N)nc2c1/C(=N\O)CC(c1ccccc1-c1ccccn1)C2. The van der Waals surface area contributed by atoms with Crippen LogP contribution in [0.4, 0.5) is 5.95 Å². The Bertz CT molecular complexity index is 985. The highest BCUT2D eigenvalue weighted by atomic mass is 16.4. The number of aryl methyl sites for hydroxylation is 1. The first kappa shape index (κ1) is 16.2. The van der Waals surface area contributed by atoms with Crippen molar-refractivity contribution in [3.8, 4) is 11.3 Å². The normalized spacial score (nSPS) is 17.9. The topological polar surface area (TPSA) is 97.3 Å². The van der Waals surface area contributed by atoms with Crippen molar-refractivity contribution in [2.45, 2.75) is 25.7 Å². The van der Waals surface area contributed by atoms with Crippen LogP contribution in [-0.2, 0) is 6.42 Å². The molecule has 1 aliphatic rings. The molecule has 0 bridgehead atoms. The fourth-order valence-electron chi connectivity index (χ4n) is 3.74. The third-order valence-electron chi connectivity index (χ3n) is 4.81. The summed E-state index contributed by atoms with van der Waals surface area (Å²) in [6, 6.07) is 14.1. The molecule has 4 rings (SSSR count). The van der Waals surface area contributed by atoms with Crippen molar-refractivity contribution in [1.82, 2.24) is 15.0 Å². The molecule has 2 heterocycles. The van der Waals surface area contributed by atoms with Gasteiger partial charge in [0.2, 0.25) is 5.95 Å². The van der Waals surface area contributed by atoms with Crippen LogP contribution >= 0.6 is 0 Å². The lowest BCUT2D eigenvalue weighted by atomic mass is 9.79. The van der Waals surface area contributed by atoms with Gasteiger partial charge in [-0.05, 0) is 37.0 Å². The number of nitrogens with two attached hydrogens (primary N) is 1. The number of aromatic nitrogens is 3. The Morgan fingerprint density at radius 1 is 1.08 bits per heavy atom. The summed E-state index contributed by atoms with van der Waals surface area (Å²) in [6.45, 7) is 1.87. The smallest absolute Gasteiger partial charge is 0.220 e. The Morgan fingerprint density at radius 2 is 1.88 bits per heavy atom. The van der Waals surface area contributed by atoms with Gasteiger partial charge in [0.15, 0.2) is 0 Å². The minimum Gasteiger partial charge on any atom is -0.411 e. The van der Waals surface area contributed by atoms with Gasteiger partial charge in [0, 0.05) is 23.7 Å². The van der Waals surface area contributed by atoms with Gasteiger partial charge in [-0.1, -0.05) is 35.5 Å². The number of hydrogen-bond acceptors (Lipinski definition) is 6. The van der Waals surface area contributed by atoms with Crippen molar-refractivity contribution in [1.29, 1.82) is 0 Å². The molecule has 26 heavy (non-hydrogen) atoms. The maximum Gasteiger partial charge on any atom is 0.220 e. The molecule has 1 aliphatic carbocycles. The maximum absolute atomic E-state index is 9.57. The molecule has 6 nitrogen and oxygen atoms in total. The average Bonchev–Trinajstić information content (AvgIpc) is 2.67. The number of rotatable bonds is 2. The number of benzene rings is 1.